The van der Waals surface area contributed by atoms with Crippen LogP contribution < -0.4 is 5.32 Å². The number of carbonyl (C=O) groups excluding carboxylic acids is 2. The standard InChI is InChI=1S/C35H55NO5/c1-3-5-7-8-9-10-11-12-13-14-15-16-17-18-19-20-21-22-26-30-35(40)41-32(27-6-4-2)28-24-23-25-29-33(37)36-31-34(38)39/h5,7,9-10,12-13,15-16,18-19,21-22,32H,3-4,6,8,11,14,17,20,23-31H2,1-2H3,(H,36,37)(H,38,39)/b7-5-,10-9-,13-12-,16-15-,19-18-,22-21-. The fourth-order valence-corrected chi connectivity index (χ4v) is 3.88. The van der Waals surface area contributed by atoms with Crippen molar-refractivity contribution in [2.75, 3.05) is 6.54 Å². The van der Waals surface area contributed by atoms with E-state index < -0.39 is 5.97 Å². The molecule has 0 aliphatic heterocycles. The molecule has 0 heterocycles. The summed E-state index contributed by atoms with van der Waals surface area (Å²) in [7, 11) is 0. The van der Waals surface area contributed by atoms with E-state index >= 15 is 0 Å². The van der Waals surface area contributed by atoms with Gasteiger partial charge in [0.25, 0.3) is 0 Å². The predicted molar refractivity (Wildman–Crippen MR) is 171 cm³/mol. The number of carboxylic acid groups (broad SMARTS) is 1. The number of carboxylic acids is 1. The van der Waals surface area contributed by atoms with Gasteiger partial charge in [-0.25, -0.2) is 0 Å². The molecule has 1 unspecified atom stereocenters. The second-order valence-electron chi connectivity index (χ2n) is 9.98. The normalized spacial score (nSPS) is 13.0. The zero-order valence-corrected chi connectivity index (χ0v) is 25.6. The predicted octanol–water partition coefficient (Wildman–Crippen LogP) is 8.72. The summed E-state index contributed by atoms with van der Waals surface area (Å²) in [6.45, 7) is 3.93. The van der Waals surface area contributed by atoms with E-state index in [1.54, 1.807) is 0 Å². The van der Waals surface area contributed by atoms with Gasteiger partial charge in [-0.1, -0.05) is 106 Å². The van der Waals surface area contributed by atoms with E-state index in [-0.39, 0.29) is 24.5 Å². The van der Waals surface area contributed by atoms with Gasteiger partial charge in [-0.05, 0) is 70.6 Å². The Balaban J connectivity index is 3.96. The van der Waals surface area contributed by atoms with Crippen LogP contribution in [0.1, 0.15) is 117 Å². The van der Waals surface area contributed by atoms with Gasteiger partial charge in [0, 0.05) is 12.8 Å². The molecule has 0 saturated heterocycles. The lowest BCUT2D eigenvalue weighted by Crippen LogP contribution is -2.28. The Hall–Kier alpha value is -3.15. The summed E-state index contributed by atoms with van der Waals surface area (Å²) in [6, 6.07) is 0. The van der Waals surface area contributed by atoms with Crippen LogP contribution in [0.4, 0.5) is 0 Å². The Labute approximate surface area is 249 Å². The number of hydrogen-bond acceptors (Lipinski definition) is 4. The van der Waals surface area contributed by atoms with Crippen molar-refractivity contribution in [1.29, 1.82) is 0 Å². The highest BCUT2D eigenvalue weighted by atomic mass is 16.5. The molecule has 0 bridgehead atoms. The van der Waals surface area contributed by atoms with Crippen molar-refractivity contribution in [3.05, 3.63) is 72.9 Å². The van der Waals surface area contributed by atoms with Crippen LogP contribution >= 0.6 is 0 Å². The quantitative estimate of drug-likeness (QED) is 0.0617. The first-order valence-corrected chi connectivity index (χ1v) is 15.6. The number of hydrogen-bond donors (Lipinski definition) is 2. The molecule has 0 aromatic carbocycles. The van der Waals surface area contributed by atoms with Gasteiger partial charge >= 0.3 is 11.9 Å². The SMILES string of the molecule is CC/C=C\C/C=C\C/C=C\C/C=C\C/C=C\C/C=C\CCC(=O)OC(CCCC)CCCCCC(=O)NCC(=O)O. The fraction of sp³-hybridized carbons (Fsp3) is 0.571. The van der Waals surface area contributed by atoms with Crippen molar-refractivity contribution in [3.8, 4) is 0 Å². The number of allylic oxidation sites excluding steroid dienone is 12. The summed E-state index contributed by atoms with van der Waals surface area (Å²) in [5, 5.41) is 11.0. The number of aliphatic carboxylic acids is 1. The first-order valence-electron chi connectivity index (χ1n) is 15.6. The van der Waals surface area contributed by atoms with Crippen LogP contribution in [-0.4, -0.2) is 35.6 Å². The van der Waals surface area contributed by atoms with Gasteiger partial charge in [-0.3, -0.25) is 14.4 Å². The van der Waals surface area contributed by atoms with Crippen molar-refractivity contribution < 1.29 is 24.2 Å². The van der Waals surface area contributed by atoms with E-state index in [1.807, 2.05) is 6.08 Å². The Morgan fingerprint density at radius 1 is 0.659 bits per heavy atom. The summed E-state index contributed by atoms with van der Waals surface area (Å²) in [5.74, 6) is -1.44. The van der Waals surface area contributed by atoms with Gasteiger partial charge in [0.2, 0.25) is 5.91 Å². The van der Waals surface area contributed by atoms with Crippen LogP contribution in [0.2, 0.25) is 0 Å². The summed E-state index contributed by atoms with van der Waals surface area (Å²) < 4.78 is 5.73. The molecule has 0 saturated carbocycles. The molecule has 6 heteroatoms. The third kappa shape index (κ3) is 29.7. The van der Waals surface area contributed by atoms with E-state index in [9.17, 15) is 14.4 Å². The molecule has 41 heavy (non-hydrogen) atoms. The molecule has 2 N–H and O–H groups in total. The Morgan fingerprint density at radius 2 is 1.17 bits per heavy atom. The van der Waals surface area contributed by atoms with Crippen LogP contribution in [0.3, 0.4) is 0 Å². The molecular formula is C35H55NO5. The summed E-state index contributed by atoms with van der Waals surface area (Å²) >= 11 is 0. The number of carbonyl (C=O) groups is 3. The number of unbranched alkanes of at least 4 members (excludes halogenated alkanes) is 3. The minimum absolute atomic E-state index is 0.0754. The minimum atomic E-state index is -1.04. The number of amides is 1. The lowest BCUT2D eigenvalue weighted by molar-refractivity contribution is -0.149. The second-order valence-corrected chi connectivity index (χ2v) is 9.98. The van der Waals surface area contributed by atoms with Crippen molar-refractivity contribution in [3.63, 3.8) is 0 Å². The molecule has 230 valence electrons. The third-order valence-corrected chi connectivity index (χ3v) is 6.16. The third-order valence-electron chi connectivity index (χ3n) is 6.16. The number of esters is 1. The van der Waals surface area contributed by atoms with E-state index in [2.05, 4.69) is 86.0 Å². The highest BCUT2D eigenvalue weighted by Gasteiger charge is 2.13. The van der Waals surface area contributed by atoms with E-state index in [0.29, 0.717) is 25.7 Å². The molecule has 1 amide bonds. The average molecular weight is 570 g/mol. The van der Waals surface area contributed by atoms with Crippen LogP contribution in [0.25, 0.3) is 0 Å². The van der Waals surface area contributed by atoms with Gasteiger partial charge < -0.3 is 15.2 Å². The molecule has 0 aromatic rings. The summed E-state index contributed by atoms with van der Waals surface area (Å²) in [5.41, 5.74) is 0. The van der Waals surface area contributed by atoms with Gasteiger partial charge in [0.1, 0.15) is 12.6 Å². The van der Waals surface area contributed by atoms with Gasteiger partial charge in [0.15, 0.2) is 0 Å². The van der Waals surface area contributed by atoms with Gasteiger partial charge in [0.05, 0.1) is 0 Å². The Bertz CT molecular complexity index is 851. The zero-order valence-electron chi connectivity index (χ0n) is 25.6. The molecule has 1 atom stereocenters. The zero-order chi connectivity index (χ0) is 30.2. The number of nitrogens with one attached hydrogen (secondary N) is 1. The van der Waals surface area contributed by atoms with E-state index in [1.165, 1.54) is 0 Å². The molecule has 0 spiro atoms. The molecule has 0 aliphatic carbocycles. The van der Waals surface area contributed by atoms with Crippen molar-refractivity contribution in [2.24, 2.45) is 0 Å². The molecular weight excluding hydrogens is 514 g/mol. The molecule has 0 rings (SSSR count). The first-order chi connectivity index (χ1) is 20.0. The van der Waals surface area contributed by atoms with E-state index in [0.717, 1.165) is 77.0 Å². The highest BCUT2D eigenvalue weighted by molar-refractivity contribution is 5.80. The molecule has 0 aliphatic rings. The number of rotatable bonds is 26. The van der Waals surface area contributed by atoms with E-state index in [4.69, 9.17) is 9.84 Å². The highest BCUT2D eigenvalue weighted by Crippen LogP contribution is 2.15. The monoisotopic (exact) mass is 569 g/mol. The lowest BCUT2D eigenvalue weighted by Gasteiger charge is -2.17. The van der Waals surface area contributed by atoms with Crippen molar-refractivity contribution in [1.82, 2.24) is 5.32 Å². The molecule has 0 aromatic heterocycles. The Kier molecular flexibility index (Phi) is 27.5. The average Bonchev–Trinajstić information content (AvgIpc) is 2.95. The first kappa shape index (κ1) is 37.9. The lowest BCUT2D eigenvalue weighted by atomic mass is 10.0. The maximum absolute atomic E-state index is 12.3. The summed E-state index contributed by atoms with van der Waals surface area (Å²) in [4.78, 5) is 34.4. The van der Waals surface area contributed by atoms with Crippen LogP contribution in [0, 0.1) is 0 Å². The van der Waals surface area contributed by atoms with Crippen molar-refractivity contribution >= 4 is 17.8 Å². The van der Waals surface area contributed by atoms with Crippen LogP contribution in [0.5, 0.6) is 0 Å². The van der Waals surface area contributed by atoms with Crippen LogP contribution in [-0.2, 0) is 19.1 Å². The molecule has 0 radical (unpaired) electrons. The minimum Gasteiger partial charge on any atom is -0.480 e. The van der Waals surface area contributed by atoms with Crippen LogP contribution in [0.15, 0.2) is 72.9 Å². The topological polar surface area (TPSA) is 92.7 Å². The Morgan fingerprint density at radius 3 is 1.68 bits per heavy atom. The maximum atomic E-state index is 12.3. The molecule has 0 fully saturated rings. The van der Waals surface area contributed by atoms with Gasteiger partial charge in [-0.15, -0.1) is 0 Å². The number of ether oxygens (including phenoxy) is 1. The van der Waals surface area contributed by atoms with Crippen molar-refractivity contribution in [2.45, 2.75) is 123 Å². The smallest absolute Gasteiger partial charge is 0.322 e. The maximum Gasteiger partial charge on any atom is 0.322 e. The van der Waals surface area contributed by atoms with Gasteiger partial charge in [-0.2, -0.15) is 0 Å². The fourth-order valence-electron chi connectivity index (χ4n) is 3.88. The summed E-state index contributed by atoms with van der Waals surface area (Å²) in [6.07, 6.45) is 39.3. The largest absolute Gasteiger partial charge is 0.480 e. The molecule has 6 nitrogen and oxygen atoms in total. The second kappa shape index (κ2) is 29.8.